The summed E-state index contributed by atoms with van der Waals surface area (Å²) >= 11 is 5.91. The number of rotatable bonds is 2. The van der Waals surface area contributed by atoms with Crippen molar-refractivity contribution in [3.05, 3.63) is 61.6 Å². The molecular formula is C15H13BrIN. The highest BCUT2D eigenvalue weighted by Crippen LogP contribution is 2.34. The average molecular weight is 414 g/mol. The molecule has 2 aromatic carbocycles. The molecule has 2 aromatic rings. The Morgan fingerprint density at radius 1 is 1.17 bits per heavy atom. The van der Waals surface area contributed by atoms with E-state index in [2.05, 4.69) is 86.3 Å². The Balaban J connectivity index is 1.84. The minimum absolute atomic E-state index is 0.452. The van der Waals surface area contributed by atoms with Crippen molar-refractivity contribution in [1.82, 2.24) is 0 Å². The van der Waals surface area contributed by atoms with Crippen LogP contribution in [-0.2, 0) is 6.42 Å². The van der Waals surface area contributed by atoms with Crippen molar-refractivity contribution < 1.29 is 0 Å². The Morgan fingerprint density at radius 2 is 2.00 bits per heavy atom. The van der Waals surface area contributed by atoms with Gasteiger partial charge in [0, 0.05) is 13.7 Å². The average Bonchev–Trinajstić information content (AvgIpc) is 2.78. The first-order valence-electron chi connectivity index (χ1n) is 6.03. The lowest BCUT2D eigenvalue weighted by Gasteiger charge is -2.16. The molecule has 0 aliphatic heterocycles. The van der Waals surface area contributed by atoms with Gasteiger partial charge in [0.2, 0.25) is 0 Å². The maximum Gasteiger partial charge on any atom is 0.0519 e. The molecule has 0 saturated heterocycles. The van der Waals surface area contributed by atoms with Gasteiger partial charge in [0.25, 0.3) is 0 Å². The SMILES string of the molecule is Brc1cc(NC2CCc3ccccc32)ccc1I. The van der Waals surface area contributed by atoms with E-state index in [0.29, 0.717) is 6.04 Å². The summed E-state index contributed by atoms with van der Waals surface area (Å²) in [6.07, 6.45) is 2.36. The summed E-state index contributed by atoms with van der Waals surface area (Å²) in [5.41, 5.74) is 4.12. The van der Waals surface area contributed by atoms with Crippen molar-refractivity contribution in [2.75, 3.05) is 5.32 Å². The number of anilines is 1. The fourth-order valence-corrected chi connectivity index (χ4v) is 3.21. The van der Waals surface area contributed by atoms with Crippen molar-refractivity contribution in [2.24, 2.45) is 0 Å². The van der Waals surface area contributed by atoms with Crippen LogP contribution in [0.2, 0.25) is 0 Å². The molecule has 0 bridgehead atoms. The predicted molar refractivity (Wildman–Crippen MR) is 88.0 cm³/mol. The normalized spacial score (nSPS) is 17.6. The number of hydrogen-bond acceptors (Lipinski definition) is 1. The quantitative estimate of drug-likeness (QED) is 0.671. The van der Waals surface area contributed by atoms with E-state index in [1.54, 1.807) is 0 Å². The monoisotopic (exact) mass is 413 g/mol. The first-order valence-corrected chi connectivity index (χ1v) is 7.90. The van der Waals surface area contributed by atoms with E-state index in [1.165, 1.54) is 33.2 Å². The van der Waals surface area contributed by atoms with Crippen LogP contribution in [0.4, 0.5) is 5.69 Å². The first-order chi connectivity index (χ1) is 8.74. The third kappa shape index (κ3) is 2.43. The van der Waals surface area contributed by atoms with E-state index in [-0.39, 0.29) is 0 Å². The zero-order valence-corrected chi connectivity index (χ0v) is 13.5. The molecule has 0 heterocycles. The van der Waals surface area contributed by atoms with Crippen LogP contribution in [0.3, 0.4) is 0 Å². The highest BCUT2D eigenvalue weighted by Gasteiger charge is 2.21. The highest BCUT2D eigenvalue weighted by atomic mass is 127. The van der Waals surface area contributed by atoms with Crippen LogP contribution < -0.4 is 5.32 Å². The molecule has 1 unspecified atom stereocenters. The van der Waals surface area contributed by atoms with Crippen LogP contribution in [0.15, 0.2) is 46.9 Å². The van der Waals surface area contributed by atoms with Gasteiger partial charge in [-0.3, -0.25) is 0 Å². The Morgan fingerprint density at radius 3 is 2.83 bits per heavy atom. The summed E-state index contributed by atoms with van der Waals surface area (Å²) in [6.45, 7) is 0. The molecule has 3 heteroatoms. The first kappa shape index (κ1) is 12.5. The third-order valence-electron chi connectivity index (χ3n) is 3.39. The maximum atomic E-state index is 3.63. The number of nitrogens with one attached hydrogen (secondary N) is 1. The largest absolute Gasteiger partial charge is 0.378 e. The molecule has 0 fully saturated rings. The smallest absolute Gasteiger partial charge is 0.0519 e. The maximum absolute atomic E-state index is 3.63. The topological polar surface area (TPSA) is 12.0 Å². The number of hydrogen-bond donors (Lipinski definition) is 1. The van der Waals surface area contributed by atoms with Gasteiger partial charge in [-0.15, -0.1) is 0 Å². The minimum atomic E-state index is 0.452. The van der Waals surface area contributed by atoms with Crippen LogP contribution in [0, 0.1) is 3.57 Å². The van der Waals surface area contributed by atoms with Gasteiger partial charge in [0.05, 0.1) is 6.04 Å². The summed E-state index contributed by atoms with van der Waals surface area (Å²) in [6, 6.07) is 15.6. The molecule has 0 aromatic heterocycles. The van der Waals surface area contributed by atoms with Gasteiger partial charge in [-0.25, -0.2) is 0 Å². The van der Waals surface area contributed by atoms with Gasteiger partial charge in [-0.2, -0.15) is 0 Å². The molecule has 1 aliphatic rings. The Labute approximate surface area is 129 Å². The fraction of sp³-hybridized carbons (Fsp3) is 0.200. The van der Waals surface area contributed by atoms with E-state index >= 15 is 0 Å². The molecular weight excluding hydrogens is 401 g/mol. The molecule has 0 spiro atoms. The van der Waals surface area contributed by atoms with Gasteiger partial charge in [-0.05, 0) is 80.7 Å². The van der Waals surface area contributed by atoms with Gasteiger partial charge < -0.3 is 5.32 Å². The van der Waals surface area contributed by atoms with Gasteiger partial charge in [-0.1, -0.05) is 24.3 Å². The second kappa shape index (κ2) is 5.21. The molecule has 92 valence electrons. The third-order valence-corrected chi connectivity index (χ3v) is 5.73. The van der Waals surface area contributed by atoms with E-state index in [1.807, 2.05) is 0 Å². The fourth-order valence-electron chi connectivity index (χ4n) is 2.49. The summed E-state index contributed by atoms with van der Waals surface area (Å²) in [4.78, 5) is 0. The summed E-state index contributed by atoms with van der Waals surface area (Å²) in [5, 5.41) is 3.63. The van der Waals surface area contributed by atoms with Gasteiger partial charge in [0.15, 0.2) is 0 Å². The van der Waals surface area contributed by atoms with Crippen LogP contribution in [0.5, 0.6) is 0 Å². The van der Waals surface area contributed by atoms with Crippen LogP contribution in [-0.4, -0.2) is 0 Å². The van der Waals surface area contributed by atoms with Gasteiger partial charge in [0.1, 0.15) is 0 Å². The van der Waals surface area contributed by atoms with Crippen LogP contribution >= 0.6 is 38.5 Å². The molecule has 3 rings (SSSR count). The molecule has 0 radical (unpaired) electrons. The van der Waals surface area contributed by atoms with E-state index in [9.17, 15) is 0 Å². The van der Waals surface area contributed by atoms with Crippen molar-refractivity contribution in [3.63, 3.8) is 0 Å². The number of benzene rings is 2. The van der Waals surface area contributed by atoms with E-state index < -0.39 is 0 Å². The predicted octanol–water partition coefficient (Wildman–Crippen LogP) is 5.15. The number of aryl methyl sites for hydroxylation is 1. The molecule has 1 N–H and O–H groups in total. The summed E-state index contributed by atoms with van der Waals surface area (Å²) in [7, 11) is 0. The lowest BCUT2D eigenvalue weighted by atomic mass is 10.1. The molecule has 0 saturated carbocycles. The molecule has 0 amide bonds. The Hall–Kier alpha value is -0.550. The Kier molecular flexibility index (Phi) is 3.61. The summed E-state index contributed by atoms with van der Waals surface area (Å²) < 4.78 is 2.39. The lowest BCUT2D eigenvalue weighted by molar-refractivity contribution is 0.762. The van der Waals surface area contributed by atoms with Crippen LogP contribution in [0.25, 0.3) is 0 Å². The minimum Gasteiger partial charge on any atom is -0.378 e. The van der Waals surface area contributed by atoms with Gasteiger partial charge >= 0.3 is 0 Å². The Bertz CT molecular complexity index is 582. The van der Waals surface area contributed by atoms with Crippen LogP contribution in [0.1, 0.15) is 23.6 Å². The van der Waals surface area contributed by atoms with E-state index in [0.717, 1.165) is 4.47 Å². The second-order valence-electron chi connectivity index (χ2n) is 4.56. The molecule has 1 atom stereocenters. The number of fused-ring (bicyclic) bond motifs is 1. The highest BCUT2D eigenvalue weighted by molar-refractivity contribution is 14.1. The van der Waals surface area contributed by atoms with Crippen molar-refractivity contribution in [3.8, 4) is 0 Å². The van der Waals surface area contributed by atoms with Crippen molar-refractivity contribution in [1.29, 1.82) is 0 Å². The zero-order valence-electron chi connectivity index (χ0n) is 9.79. The molecule has 1 nitrogen and oxygen atoms in total. The number of halogens is 2. The summed E-state index contributed by atoms with van der Waals surface area (Å²) in [5.74, 6) is 0. The standard InChI is InChI=1S/C15H13BrIN/c16-13-9-11(6-7-14(13)17)18-15-8-5-10-3-1-2-4-12(10)15/h1-4,6-7,9,15,18H,5,8H2. The molecule has 18 heavy (non-hydrogen) atoms. The zero-order chi connectivity index (χ0) is 12.5. The second-order valence-corrected chi connectivity index (χ2v) is 6.58. The van der Waals surface area contributed by atoms with Crippen molar-refractivity contribution in [2.45, 2.75) is 18.9 Å². The van der Waals surface area contributed by atoms with E-state index in [4.69, 9.17) is 0 Å². The molecule has 1 aliphatic carbocycles. The van der Waals surface area contributed by atoms with Crippen molar-refractivity contribution >= 4 is 44.2 Å². The lowest BCUT2D eigenvalue weighted by Crippen LogP contribution is -2.06.